The van der Waals surface area contributed by atoms with Gasteiger partial charge in [0.1, 0.15) is 11.3 Å². The first-order valence-corrected chi connectivity index (χ1v) is 9.89. The molecule has 26 heavy (non-hydrogen) atoms. The molecule has 134 valence electrons. The van der Waals surface area contributed by atoms with Gasteiger partial charge >= 0.3 is 0 Å². The van der Waals surface area contributed by atoms with E-state index in [4.69, 9.17) is 16.5 Å². The molecule has 4 rings (SSSR count). The molecule has 0 saturated heterocycles. The lowest BCUT2D eigenvalue weighted by atomic mass is 10.1. The highest BCUT2D eigenvalue weighted by Crippen LogP contribution is 2.33. The van der Waals surface area contributed by atoms with Gasteiger partial charge in [-0.3, -0.25) is 0 Å². The fraction of sp³-hybridized carbons (Fsp3) is 0.300. The number of fused-ring (bicyclic) bond motifs is 3. The van der Waals surface area contributed by atoms with Gasteiger partial charge in [-0.25, -0.2) is 9.97 Å². The number of aryl methyl sites for hydroxylation is 1. The summed E-state index contributed by atoms with van der Waals surface area (Å²) in [5, 5.41) is 2.06. The fourth-order valence-corrected chi connectivity index (χ4v) is 4.28. The van der Waals surface area contributed by atoms with Crippen LogP contribution in [0.1, 0.15) is 36.7 Å². The minimum Gasteiger partial charge on any atom is -0.382 e. The monoisotopic (exact) mass is 365 g/mol. The van der Waals surface area contributed by atoms with E-state index in [1.54, 1.807) is 11.3 Å². The molecule has 0 unspecified atom stereocenters. The van der Waals surface area contributed by atoms with Crippen molar-refractivity contribution in [1.29, 1.82) is 0 Å². The Labute approximate surface area is 156 Å². The van der Waals surface area contributed by atoms with E-state index in [1.807, 2.05) is 6.07 Å². The van der Waals surface area contributed by atoms with E-state index < -0.39 is 0 Å². The van der Waals surface area contributed by atoms with E-state index in [1.165, 1.54) is 5.56 Å². The summed E-state index contributed by atoms with van der Waals surface area (Å²) < 4.78 is 3.47. The Hall–Kier alpha value is -2.44. The predicted octanol–water partition coefficient (Wildman–Crippen LogP) is 4.08. The average molecular weight is 366 g/mol. The maximum Gasteiger partial charge on any atom is 0.152 e. The molecule has 5 nitrogen and oxygen atoms in total. The second kappa shape index (κ2) is 7.05. The van der Waals surface area contributed by atoms with Crippen LogP contribution < -0.4 is 11.5 Å². The van der Waals surface area contributed by atoms with Gasteiger partial charge < -0.3 is 16.0 Å². The van der Waals surface area contributed by atoms with Gasteiger partial charge in [0.2, 0.25) is 0 Å². The smallest absolute Gasteiger partial charge is 0.152 e. The molecular formula is C20H23N5S. The topological polar surface area (TPSA) is 82.8 Å². The summed E-state index contributed by atoms with van der Waals surface area (Å²) in [6.07, 6.45) is 3.18. The molecule has 0 atom stereocenters. The number of pyridine rings is 1. The number of nitrogens with two attached hydrogens (primary N) is 2. The minimum absolute atomic E-state index is 0.512. The molecule has 3 heterocycles. The quantitative estimate of drug-likeness (QED) is 0.539. The zero-order valence-electron chi connectivity index (χ0n) is 14.9. The molecule has 0 fully saturated rings. The van der Waals surface area contributed by atoms with Crippen molar-refractivity contribution in [2.24, 2.45) is 5.73 Å². The number of imidazole rings is 1. The van der Waals surface area contributed by atoms with Crippen molar-refractivity contribution in [3.05, 3.63) is 52.7 Å². The summed E-state index contributed by atoms with van der Waals surface area (Å²) in [5.41, 5.74) is 17.3. The number of anilines is 1. The Balaban J connectivity index is 1.91. The van der Waals surface area contributed by atoms with Gasteiger partial charge in [0.15, 0.2) is 5.82 Å². The Kier molecular flexibility index (Phi) is 4.61. The van der Waals surface area contributed by atoms with E-state index >= 15 is 0 Å². The van der Waals surface area contributed by atoms with Crippen LogP contribution >= 0.6 is 11.3 Å². The lowest BCUT2D eigenvalue weighted by Gasteiger charge is -2.11. The predicted molar refractivity (Wildman–Crippen MR) is 109 cm³/mol. The summed E-state index contributed by atoms with van der Waals surface area (Å²) >= 11 is 1.70. The average Bonchev–Trinajstić information content (AvgIpc) is 3.25. The summed E-state index contributed by atoms with van der Waals surface area (Å²) in [4.78, 5) is 9.40. The molecule has 1 aromatic carbocycles. The van der Waals surface area contributed by atoms with E-state index in [9.17, 15) is 0 Å². The number of unbranched alkanes of at least 4 members (excludes halogenated alkanes) is 1. The molecule has 3 aromatic heterocycles. The highest BCUT2D eigenvalue weighted by molar-refractivity contribution is 7.18. The van der Waals surface area contributed by atoms with Gasteiger partial charge in [0.25, 0.3) is 0 Å². The molecule has 0 spiro atoms. The lowest BCUT2D eigenvalue weighted by Crippen LogP contribution is -2.06. The summed E-state index contributed by atoms with van der Waals surface area (Å²) in [6, 6.07) is 10.5. The number of rotatable bonds is 6. The van der Waals surface area contributed by atoms with E-state index in [0.29, 0.717) is 12.4 Å². The third kappa shape index (κ3) is 2.95. The first-order valence-electron chi connectivity index (χ1n) is 9.01. The highest BCUT2D eigenvalue weighted by Gasteiger charge is 2.18. The van der Waals surface area contributed by atoms with Crippen LogP contribution in [0, 0.1) is 0 Å². The van der Waals surface area contributed by atoms with E-state index in [-0.39, 0.29) is 0 Å². The Morgan fingerprint density at radius 2 is 2.00 bits per heavy atom. The first kappa shape index (κ1) is 17.0. The van der Waals surface area contributed by atoms with Crippen molar-refractivity contribution in [1.82, 2.24) is 14.5 Å². The molecule has 0 radical (unpaired) electrons. The normalized spacial score (nSPS) is 11.6. The third-order valence-corrected chi connectivity index (χ3v) is 5.62. The van der Waals surface area contributed by atoms with Gasteiger partial charge in [-0.2, -0.15) is 0 Å². The fourth-order valence-electron chi connectivity index (χ4n) is 3.39. The zero-order valence-corrected chi connectivity index (χ0v) is 15.7. The number of hydrogen-bond donors (Lipinski definition) is 2. The molecule has 0 bridgehead atoms. The Bertz CT molecular complexity index is 1060. The van der Waals surface area contributed by atoms with E-state index in [0.717, 1.165) is 58.4 Å². The Morgan fingerprint density at radius 1 is 1.15 bits per heavy atom. The molecule has 0 saturated carbocycles. The summed E-state index contributed by atoms with van der Waals surface area (Å²) in [7, 11) is 0. The Morgan fingerprint density at radius 3 is 2.81 bits per heavy atom. The maximum atomic E-state index is 6.23. The van der Waals surface area contributed by atoms with Crippen molar-refractivity contribution in [2.75, 3.05) is 5.73 Å². The number of hydrogen-bond acceptors (Lipinski definition) is 5. The zero-order chi connectivity index (χ0) is 18.1. The van der Waals surface area contributed by atoms with Crippen LogP contribution in [0.5, 0.6) is 0 Å². The standard InChI is InChI=1S/C20H23N5S/c1-2-3-7-16-24-17-18(19-15(8-9-26-19)23-20(17)22)25(16)12-14-6-4-5-13(10-14)11-21/h4-6,8-10H,2-3,7,11-12,21H2,1H3,(H2,22,23). The summed E-state index contributed by atoms with van der Waals surface area (Å²) in [6.45, 7) is 3.51. The van der Waals surface area contributed by atoms with Crippen molar-refractivity contribution in [2.45, 2.75) is 39.3 Å². The van der Waals surface area contributed by atoms with Gasteiger partial charge in [-0.15, -0.1) is 11.3 Å². The lowest BCUT2D eigenvalue weighted by molar-refractivity contribution is 0.690. The number of aromatic nitrogens is 3. The molecule has 6 heteroatoms. The number of nitrogen functional groups attached to an aromatic ring is 1. The van der Waals surface area contributed by atoms with Crippen LogP contribution in [0.3, 0.4) is 0 Å². The van der Waals surface area contributed by atoms with Crippen molar-refractivity contribution >= 4 is 38.4 Å². The second-order valence-corrected chi connectivity index (χ2v) is 7.49. The SMILES string of the molecule is CCCCc1nc2c(N)nc3ccsc3c2n1Cc1cccc(CN)c1. The van der Waals surface area contributed by atoms with Crippen LogP contribution in [0.25, 0.3) is 21.3 Å². The van der Waals surface area contributed by atoms with Gasteiger partial charge in [-0.1, -0.05) is 37.6 Å². The largest absolute Gasteiger partial charge is 0.382 e. The van der Waals surface area contributed by atoms with Crippen LogP contribution in [0.4, 0.5) is 5.82 Å². The van der Waals surface area contributed by atoms with Gasteiger partial charge in [0, 0.05) is 19.5 Å². The van der Waals surface area contributed by atoms with Crippen molar-refractivity contribution in [3.63, 3.8) is 0 Å². The molecule has 4 aromatic rings. The van der Waals surface area contributed by atoms with Crippen molar-refractivity contribution in [3.8, 4) is 0 Å². The molecule has 4 N–H and O–H groups in total. The molecular weight excluding hydrogens is 342 g/mol. The van der Waals surface area contributed by atoms with Crippen molar-refractivity contribution < 1.29 is 0 Å². The third-order valence-electron chi connectivity index (χ3n) is 4.71. The number of benzene rings is 1. The maximum absolute atomic E-state index is 6.23. The van der Waals surface area contributed by atoms with Gasteiger partial charge in [0.05, 0.1) is 15.7 Å². The van der Waals surface area contributed by atoms with Crippen LogP contribution in [0.2, 0.25) is 0 Å². The molecule has 0 aliphatic heterocycles. The van der Waals surface area contributed by atoms with Gasteiger partial charge in [-0.05, 0) is 29.0 Å². The minimum atomic E-state index is 0.512. The highest BCUT2D eigenvalue weighted by atomic mass is 32.1. The van der Waals surface area contributed by atoms with Crippen LogP contribution in [0.15, 0.2) is 35.7 Å². The second-order valence-electron chi connectivity index (χ2n) is 6.57. The molecule has 0 aliphatic carbocycles. The number of thiophene rings is 1. The summed E-state index contributed by atoms with van der Waals surface area (Å²) in [5.74, 6) is 1.59. The van der Waals surface area contributed by atoms with Crippen LogP contribution in [-0.4, -0.2) is 14.5 Å². The molecule has 0 aliphatic rings. The van der Waals surface area contributed by atoms with E-state index in [2.05, 4.69) is 46.1 Å². The van der Waals surface area contributed by atoms with Crippen LogP contribution in [-0.2, 0) is 19.5 Å². The number of nitrogens with zero attached hydrogens (tertiary/aromatic N) is 3. The first-order chi connectivity index (χ1) is 12.7. The molecule has 0 amide bonds.